The molecule has 3 aromatic carbocycles. The topological polar surface area (TPSA) is 46.5 Å². The molecule has 0 spiro atoms. The van der Waals surface area contributed by atoms with Gasteiger partial charge in [0.15, 0.2) is 0 Å². The third-order valence-electron chi connectivity index (χ3n) is 3.74. The van der Waals surface area contributed by atoms with Crippen LogP contribution in [0.1, 0.15) is 5.56 Å². The molecule has 0 atom stereocenters. The summed E-state index contributed by atoms with van der Waals surface area (Å²) in [5.41, 5.74) is 0.983. The Labute approximate surface area is 153 Å². The first-order chi connectivity index (χ1) is 11.9. The molecule has 6 heteroatoms. The normalized spacial score (nSPS) is 11.9. The van der Waals surface area contributed by atoms with Crippen molar-refractivity contribution in [2.24, 2.45) is 4.15 Å². The van der Waals surface area contributed by atoms with Gasteiger partial charge in [0, 0.05) is 10.6 Å². The second-order valence-corrected chi connectivity index (χ2v) is 11.3. The molecule has 3 nitrogen and oxygen atoms in total. The van der Waals surface area contributed by atoms with E-state index in [2.05, 4.69) is 4.15 Å². The molecule has 3 rings (SSSR count). The number of hydrogen-bond acceptors (Lipinski definition) is 2. The van der Waals surface area contributed by atoms with Crippen molar-refractivity contribution in [1.29, 1.82) is 0 Å². The molecular formula is C19H17ClNO2PS. The zero-order chi connectivity index (χ0) is 17.9. The van der Waals surface area contributed by atoms with E-state index >= 15 is 0 Å². The van der Waals surface area contributed by atoms with Gasteiger partial charge in [0.05, 0.1) is 4.90 Å². The minimum absolute atomic E-state index is 0.148. The van der Waals surface area contributed by atoms with E-state index in [9.17, 15) is 8.42 Å². The first kappa shape index (κ1) is 17.9. The van der Waals surface area contributed by atoms with Gasteiger partial charge in [0.25, 0.3) is 10.0 Å². The standard InChI is InChI=1S/C19H17ClNO2PS/c1-16-12-14-19(15-13-16)25(22,23)21-24(20,17-8-4-2-5-9-17)18-10-6-3-7-11-18/h2-15H,1H3. The lowest BCUT2D eigenvalue weighted by atomic mass is 10.2. The lowest BCUT2D eigenvalue weighted by Gasteiger charge is -2.18. The third kappa shape index (κ3) is 3.87. The number of hydrogen-bond donors (Lipinski definition) is 0. The smallest absolute Gasteiger partial charge is 0.199 e. The Morgan fingerprint density at radius 3 is 1.64 bits per heavy atom. The van der Waals surface area contributed by atoms with E-state index in [1.54, 1.807) is 24.3 Å². The highest BCUT2D eigenvalue weighted by molar-refractivity contribution is 8.08. The fraction of sp³-hybridized carbons (Fsp3) is 0.0526. The van der Waals surface area contributed by atoms with Crippen molar-refractivity contribution in [1.82, 2.24) is 0 Å². The number of nitrogens with zero attached hydrogens (tertiary/aromatic N) is 1. The van der Waals surface area contributed by atoms with Gasteiger partial charge in [-0.25, -0.2) is 0 Å². The Balaban J connectivity index is 2.25. The molecule has 128 valence electrons. The number of aryl methyl sites for hydroxylation is 1. The van der Waals surface area contributed by atoms with Gasteiger partial charge in [-0.05, 0) is 19.1 Å². The zero-order valence-electron chi connectivity index (χ0n) is 13.6. The summed E-state index contributed by atoms with van der Waals surface area (Å²) in [6.07, 6.45) is -2.96. The van der Waals surface area contributed by atoms with Crippen molar-refractivity contribution in [3.8, 4) is 0 Å². The summed E-state index contributed by atoms with van der Waals surface area (Å²) in [6.45, 7) is 1.90. The van der Waals surface area contributed by atoms with E-state index in [1.165, 1.54) is 0 Å². The van der Waals surface area contributed by atoms with E-state index in [0.29, 0.717) is 10.6 Å². The Morgan fingerprint density at radius 1 is 0.760 bits per heavy atom. The van der Waals surface area contributed by atoms with Crippen LogP contribution in [0.2, 0.25) is 0 Å². The van der Waals surface area contributed by atoms with Crippen LogP contribution < -0.4 is 10.6 Å². The monoisotopic (exact) mass is 389 g/mol. The summed E-state index contributed by atoms with van der Waals surface area (Å²) < 4.78 is 30.0. The lowest BCUT2D eigenvalue weighted by molar-refractivity contribution is 0.598. The minimum Gasteiger partial charge on any atom is -0.199 e. The molecule has 0 aliphatic rings. The largest absolute Gasteiger partial charge is 0.282 e. The Bertz CT molecular complexity index is 975. The first-order valence-electron chi connectivity index (χ1n) is 7.68. The van der Waals surface area contributed by atoms with Gasteiger partial charge < -0.3 is 0 Å². The fourth-order valence-electron chi connectivity index (χ4n) is 2.40. The average molecular weight is 390 g/mol. The van der Waals surface area contributed by atoms with Gasteiger partial charge in [0.1, 0.15) is 6.41 Å². The minimum atomic E-state index is -3.89. The van der Waals surface area contributed by atoms with Crippen LogP contribution >= 0.6 is 17.6 Å². The Morgan fingerprint density at radius 2 is 1.20 bits per heavy atom. The number of sulfonamides is 1. The third-order valence-corrected chi connectivity index (χ3v) is 10.1. The van der Waals surface area contributed by atoms with Crippen LogP contribution in [-0.4, -0.2) is 8.42 Å². The Hall–Kier alpha value is -1.87. The number of benzene rings is 3. The van der Waals surface area contributed by atoms with Crippen molar-refractivity contribution in [2.75, 3.05) is 0 Å². The highest BCUT2D eigenvalue weighted by Gasteiger charge is 2.26. The van der Waals surface area contributed by atoms with Gasteiger partial charge in [-0.3, -0.25) is 0 Å². The van der Waals surface area contributed by atoms with Crippen LogP contribution in [0.15, 0.2) is 94.0 Å². The maximum atomic E-state index is 12.9. The Kier molecular flexibility index (Phi) is 5.14. The van der Waals surface area contributed by atoms with Crippen molar-refractivity contribution >= 4 is 38.3 Å². The van der Waals surface area contributed by atoms with E-state index < -0.39 is 16.4 Å². The molecule has 0 aliphatic carbocycles. The van der Waals surface area contributed by atoms with E-state index in [1.807, 2.05) is 67.6 Å². The molecule has 0 saturated carbocycles. The lowest BCUT2D eigenvalue weighted by Crippen LogP contribution is -2.13. The molecule has 3 aromatic rings. The molecule has 25 heavy (non-hydrogen) atoms. The predicted octanol–water partition coefficient (Wildman–Crippen LogP) is 4.69. The van der Waals surface area contributed by atoms with Crippen molar-refractivity contribution in [2.45, 2.75) is 11.8 Å². The molecule has 0 bridgehead atoms. The van der Waals surface area contributed by atoms with E-state index in [4.69, 9.17) is 11.2 Å². The maximum Gasteiger partial charge on any atom is 0.282 e. The van der Waals surface area contributed by atoms with Gasteiger partial charge in [-0.2, -0.15) is 12.6 Å². The molecule has 0 N–H and O–H groups in total. The van der Waals surface area contributed by atoms with Crippen molar-refractivity contribution < 1.29 is 8.42 Å². The summed E-state index contributed by atoms with van der Waals surface area (Å²) in [4.78, 5) is 0.148. The molecule has 0 saturated heterocycles. The SMILES string of the molecule is Cc1ccc(S(=O)(=O)N=P(Cl)(c2ccccc2)c2ccccc2)cc1. The van der Waals surface area contributed by atoms with Gasteiger partial charge in [0.2, 0.25) is 0 Å². The fourth-order valence-corrected chi connectivity index (χ4v) is 8.04. The molecule has 0 amide bonds. The maximum absolute atomic E-state index is 12.9. The zero-order valence-corrected chi connectivity index (χ0v) is 16.0. The van der Waals surface area contributed by atoms with Gasteiger partial charge in [-0.15, -0.1) is 0 Å². The van der Waals surface area contributed by atoms with E-state index in [-0.39, 0.29) is 4.90 Å². The average Bonchev–Trinajstić information content (AvgIpc) is 2.63. The quantitative estimate of drug-likeness (QED) is 0.608. The summed E-state index contributed by atoms with van der Waals surface area (Å²) >= 11 is 6.92. The van der Waals surface area contributed by atoms with Crippen LogP contribution in [0.4, 0.5) is 0 Å². The summed E-state index contributed by atoms with van der Waals surface area (Å²) in [5, 5.41) is 1.41. The van der Waals surface area contributed by atoms with Crippen LogP contribution in [0, 0.1) is 6.92 Å². The molecule has 0 heterocycles. The molecule has 0 aliphatic heterocycles. The van der Waals surface area contributed by atoms with Crippen molar-refractivity contribution in [3.63, 3.8) is 0 Å². The molecule has 0 unspecified atom stereocenters. The molecule has 0 aromatic heterocycles. The van der Waals surface area contributed by atoms with Gasteiger partial charge in [-0.1, -0.05) is 89.6 Å². The first-order valence-corrected chi connectivity index (χ1v) is 11.8. The van der Waals surface area contributed by atoms with E-state index in [0.717, 1.165) is 5.56 Å². The highest BCUT2D eigenvalue weighted by Crippen LogP contribution is 2.54. The summed E-state index contributed by atoms with van der Waals surface area (Å²) in [6, 6.07) is 25.0. The summed E-state index contributed by atoms with van der Waals surface area (Å²) in [7, 11) is -3.89. The van der Waals surface area contributed by atoms with Crippen LogP contribution in [0.5, 0.6) is 0 Å². The van der Waals surface area contributed by atoms with Gasteiger partial charge >= 0.3 is 0 Å². The number of rotatable bonds is 4. The second-order valence-electron chi connectivity index (χ2n) is 5.60. The molecule has 0 fully saturated rings. The number of halogens is 1. The highest BCUT2D eigenvalue weighted by atomic mass is 35.7. The summed E-state index contributed by atoms with van der Waals surface area (Å²) in [5.74, 6) is 0. The van der Waals surface area contributed by atoms with Crippen LogP contribution in [0.3, 0.4) is 0 Å². The molecule has 0 radical (unpaired) electrons. The predicted molar refractivity (Wildman–Crippen MR) is 106 cm³/mol. The van der Waals surface area contributed by atoms with Crippen LogP contribution in [-0.2, 0) is 10.0 Å². The second kappa shape index (κ2) is 7.17. The van der Waals surface area contributed by atoms with Crippen LogP contribution in [0.25, 0.3) is 0 Å². The van der Waals surface area contributed by atoms with Crippen molar-refractivity contribution in [3.05, 3.63) is 90.5 Å². The molecular weight excluding hydrogens is 373 g/mol.